The van der Waals surface area contributed by atoms with E-state index in [-0.39, 0.29) is 17.1 Å². The molecule has 15 heteroatoms. The van der Waals surface area contributed by atoms with Gasteiger partial charge in [-0.25, -0.2) is 9.55 Å². The number of ether oxygens (including phenoxy) is 1. The molecule has 3 aromatic heterocycles. The lowest BCUT2D eigenvalue weighted by Crippen LogP contribution is -2.43. The van der Waals surface area contributed by atoms with Crippen LogP contribution in [0.5, 0.6) is 0 Å². The number of aromatic nitrogens is 4. The fraction of sp³-hybridized carbons (Fsp3) is 0.471. The molecule has 4 heterocycles. The molecule has 0 radical (unpaired) electrons. The van der Waals surface area contributed by atoms with Crippen LogP contribution in [-0.4, -0.2) is 64.4 Å². The summed E-state index contributed by atoms with van der Waals surface area (Å²) in [5.74, 6) is 0.145. The lowest BCUT2D eigenvalue weighted by Gasteiger charge is -2.29. The molecule has 0 aromatic carbocycles. The number of phosphoric ester groups is 1. The molecule has 174 valence electrons. The minimum absolute atomic E-state index is 0.0163. The van der Waals surface area contributed by atoms with E-state index in [1.54, 1.807) is 0 Å². The SMILES string of the molecule is CCc1ccc(Nc2nc3c(ncn3[C@]3(C)O[C@H](COP(=O)(O)O)[C@@H](O)[C@H]3O)c(=O)[nH]2)s1. The molecule has 32 heavy (non-hydrogen) atoms. The number of hydrogen-bond acceptors (Lipinski definition) is 10. The van der Waals surface area contributed by atoms with Crippen LogP contribution in [-0.2, 0) is 26.0 Å². The Kier molecular flexibility index (Phi) is 5.98. The van der Waals surface area contributed by atoms with Gasteiger partial charge < -0.3 is 30.1 Å². The van der Waals surface area contributed by atoms with Gasteiger partial charge >= 0.3 is 7.82 Å². The van der Waals surface area contributed by atoms with Gasteiger partial charge in [0.15, 0.2) is 16.9 Å². The molecule has 6 N–H and O–H groups in total. The van der Waals surface area contributed by atoms with E-state index in [0.717, 1.165) is 16.3 Å². The van der Waals surface area contributed by atoms with Crippen LogP contribution in [0.2, 0.25) is 0 Å². The molecule has 0 bridgehead atoms. The highest BCUT2D eigenvalue weighted by Crippen LogP contribution is 2.41. The van der Waals surface area contributed by atoms with E-state index >= 15 is 0 Å². The van der Waals surface area contributed by atoms with E-state index in [9.17, 15) is 19.6 Å². The number of imidazole rings is 1. The molecule has 3 aromatic rings. The quantitative estimate of drug-likeness (QED) is 0.253. The second kappa shape index (κ2) is 8.32. The largest absolute Gasteiger partial charge is 0.469 e. The first-order valence-electron chi connectivity index (χ1n) is 9.59. The van der Waals surface area contributed by atoms with Crippen molar-refractivity contribution < 1.29 is 33.8 Å². The summed E-state index contributed by atoms with van der Waals surface area (Å²) < 4.78 is 22.4. The molecule has 13 nitrogen and oxygen atoms in total. The van der Waals surface area contributed by atoms with Crippen molar-refractivity contribution in [1.82, 2.24) is 19.5 Å². The summed E-state index contributed by atoms with van der Waals surface area (Å²) in [7, 11) is -4.81. The minimum Gasteiger partial charge on any atom is -0.387 e. The molecule has 1 aliphatic rings. The Bertz CT molecular complexity index is 1240. The molecule has 1 fully saturated rings. The maximum atomic E-state index is 12.5. The van der Waals surface area contributed by atoms with Gasteiger partial charge in [-0.15, -0.1) is 11.3 Å². The van der Waals surface area contributed by atoms with Crippen molar-refractivity contribution in [2.75, 3.05) is 11.9 Å². The topological polar surface area (TPSA) is 192 Å². The lowest BCUT2D eigenvalue weighted by molar-refractivity contribution is -0.131. The predicted octanol–water partition coefficient (Wildman–Crippen LogP) is 0.390. The number of aromatic amines is 1. The number of aliphatic hydroxyl groups is 2. The summed E-state index contributed by atoms with van der Waals surface area (Å²) in [4.78, 5) is 42.5. The smallest absolute Gasteiger partial charge is 0.387 e. The Morgan fingerprint density at radius 3 is 2.81 bits per heavy atom. The van der Waals surface area contributed by atoms with Gasteiger partial charge in [0.25, 0.3) is 5.56 Å². The van der Waals surface area contributed by atoms with Crippen molar-refractivity contribution in [1.29, 1.82) is 0 Å². The summed E-state index contributed by atoms with van der Waals surface area (Å²) in [6.45, 7) is 2.80. The van der Waals surface area contributed by atoms with E-state index in [2.05, 4.69) is 24.8 Å². The number of thiophene rings is 1. The second-order valence-electron chi connectivity index (χ2n) is 7.38. The summed E-state index contributed by atoms with van der Waals surface area (Å²) >= 11 is 1.51. The number of fused-ring (bicyclic) bond motifs is 1. The Hall–Kier alpha value is -2.16. The van der Waals surface area contributed by atoms with Gasteiger partial charge in [-0.2, -0.15) is 4.98 Å². The molecule has 0 spiro atoms. The first-order valence-corrected chi connectivity index (χ1v) is 11.9. The van der Waals surface area contributed by atoms with Gasteiger partial charge in [0, 0.05) is 4.88 Å². The third kappa shape index (κ3) is 4.23. The standard InChI is InChI=1S/C17H22N5O8PS/c1-3-8-4-5-10(32-8)19-16-20-14-11(15(25)21-16)18-7-22(14)17(2)13(24)12(23)9(30-17)6-29-31(26,27)28/h4-5,7,9,12-13,23-24H,3,6H2,1-2H3,(H2,26,27,28)(H2,19,20,21,25)/t9-,12-,13-,17-/m1/s1. The Balaban J connectivity index is 1.68. The number of H-pyrrole nitrogens is 1. The van der Waals surface area contributed by atoms with Crippen molar-refractivity contribution in [3.63, 3.8) is 0 Å². The molecule has 4 atom stereocenters. The second-order valence-corrected chi connectivity index (χ2v) is 9.79. The van der Waals surface area contributed by atoms with Gasteiger partial charge in [0.1, 0.15) is 18.3 Å². The predicted molar refractivity (Wildman–Crippen MR) is 114 cm³/mol. The normalized spacial score (nSPS) is 26.1. The monoisotopic (exact) mass is 487 g/mol. The van der Waals surface area contributed by atoms with E-state index < -0.39 is 44.0 Å². The summed E-state index contributed by atoms with van der Waals surface area (Å²) in [6, 6.07) is 3.82. The van der Waals surface area contributed by atoms with E-state index in [4.69, 9.17) is 14.5 Å². The maximum absolute atomic E-state index is 12.5. The van der Waals surface area contributed by atoms with Crippen molar-refractivity contribution >= 4 is 41.3 Å². The molecular formula is C17H22N5O8PS. The first-order chi connectivity index (χ1) is 15.0. The third-order valence-corrected chi connectivity index (χ3v) is 6.82. The Morgan fingerprint density at radius 2 is 2.16 bits per heavy atom. The van der Waals surface area contributed by atoms with Gasteiger partial charge in [0.2, 0.25) is 5.95 Å². The zero-order valence-electron chi connectivity index (χ0n) is 17.0. The van der Waals surface area contributed by atoms with Gasteiger partial charge in [-0.3, -0.25) is 18.9 Å². The molecule has 0 aliphatic carbocycles. The number of aliphatic hydroxyl groups excluding tert-OH is 2. The number of nitrogens with zero attached hydrogens (tertiary/aromatic N) is 3. The number of hydrogen-bond donors (Lipinski definition) is 6. The first kappa shape index (κ1) is 23.0. The number of anilines is 2. The van der Waals surface area contributed by atoms with Gasteiger partial charge in [-0.05, 0) is 25.5 Å². The molecule has 0 amide bonds. The summed E-state index contributed by atoms with van der Waals surface area (Å²) in [5, 5.41) is 24.8. The number of nitrogens with one attached hydrogen (secondary N) is 2. The lowest BCUT2D eigenvalue weighted by atomic mass is 10.0. The van der Waals surface area contributed by atoms with Crippen LogP contribution in [0.1, 0.15) is 18.7 Å². The number of phosphoric acid groups is 1. The fourth-order valence-electron chi connectivity index (χ4n) is 3.51. The van der Waals surface area contributed by atoms with Crippen LogP contribution in [0.3, 0.4) is 0 Å². The molecule has 4 rings (SSSR count). The molecule has 1 saturated heterocycles. The zero-order valence-corrected chi connectivity index (χ0v) is 18.7. The van der Waals surface area contributed by atoms with Crippen LogP contribution in [0.4, 0.5) is 10.9 Å². The number of rotatable bonds is 7. The van der Waals surface area contributed by atoms with Crippen molar-refractivity contribution in [3.8, 4) is 0 Å². The van der Waals surface area contributed by atoms with Gasteiger partial charge in [0.05, 0.1) is 17.9 Å². The average Bonchev–Trinajstić information content (AvgIpc) is 3.41. The van der Waals surface area contributed by atoms with Crippen molar-refractivity contribution in [2.24, 2.45) is 0 Å². The fourth-order valence-corrected chi connectivity index (χ4v) is 4.70. The van der Waals surface area contributed by atoms with Crippen molar-refractivity contribution in [3.05, 3.63) is 33.7 Å². The van der Waals surface area contributed by atoms with Crippen molar-refractivity contribution in [2.45, 2.75) is 44.3 Å². The minimum atomic E-state index is -4.81. The molecule has 1 aliphatic heterocycles. The molecule has 0 saturated carbocycles. The Labute approximate surface area is 184 Å². The zero-order chi connectivity index (χ0) is 23.3. The van der Waals surface area contributed by atoms with E-state index in [0.29, 0.717) is 0 Å². The van der Waals surface area contributed by atoms with Crippen LogP contribution >= 0.6 is 19.2 Å². The summed E-state index contributed by atoms with van der Waals surface area (Å²) in [5.41, 5.74) is -2.11. The highest BCUT2D eigenvalue weighted by molar-refractivity contribution is 7.46. The maximum Gasteiger partial charge on any atom is 0.469 e. The van der Waals surface area contributed by atoms with E-state index in [1.165, 1.54) is 29.2 Å². The van der Waals surface area contributed by atoms with Crippen LogP contribution in [0.15, 0.2) is 23.3 Å². The third-order valence-electron chi connectivity index (χ3n) is 5.19. The molecular weight excluding hydrogens is 465 g/mol. The number of aryl methyl sites for hydroxylation is 1. The van der Waals surface area contributed by atoms with Crippen LogP contribution < -0.4 is 10.9 Å². The average molecular weight is 487 g/mol. The van der Waals surface area contributed by atoms with Gasteiger partial charge in [-0.1, -0.05) is 6.92 Å². The van der Waals surface area contributed by atoms with E-state index in [1.807, 2.05) is 19.1 Å². The highest BCUT2D eigenvalue weighted by atomic mass is 32.1. The van der Waals surface area contributed by atoms with Crippen LogP contribution in [0.25, 0.3) is 11.2 Å². The molecule has 0 unspecified atom stereocenters. The highest BCUT2D eigenvalue weighted by Gasteiger charge is 2.53. The van der Waals surface area contributed by atoms with Crippen LogP contribution in [0, 0.1) is 0 Å². The summed E-state index contributed by atoms with van der Waals surface area (Å²) in [6.07, 6.45) is -2.21. The Morgan fingerprint density at radius 1 is 1.41 bits per heavy atom.